The summed E-state index contributed by atoms with van der Waals surface area (Å²) in [5, 5.41) is 0.655. The van der Waals surface area contributed by atoms with E-state index in [-0.39, 0.29) is 0 Å². The lowest BCUT2D eigenvalue weighted by molar-refractivity contribution is 0.415. The van der Waals surface area contributed by atoms with Crippen molar-refractivity contribution in [1.29, 1.82) is 0 Å². The predicted molar refractivity (Wildman–Crippen MR) is 104 cm³/mol. The normalized spacial score (nSPS) is 11.4. The Morgan fingerprint density at radius 1 is 1.12 bits per heavy atom. The van der Waals surface area contributed by atoms with Crippen LogP contribution in [0, 0.1) is 0 Å². The summed E-state index contributed by atoms with van der Waals surface area (Å²) in [4.78, 5) is 9.57. The molecule has 5 heteroatoms. The Balaban J connectivity index is 2.25. The van der Waals surface area contributed by atoms with Gasteiger partial charge in [0.1, 0.15) is 17.1 Å². The summed E-state index contributed by atoms with van der Waals surface area (Å²) >= 11 is 6.51. The summed E-state index contributed by atoms with van der Waals surface area (Å²) in [5.74, 6) is 1.82. The lowest BCUT2D eigenvalue weighted by Crippen LogP contribution is -2.11. The van der Waals surface area contributed by atoms with Gasteiger partial charge in [-0.05, 0) is 37.1 Å². The largest absolute Gasteiger partial charge is 0.497 e. The molecule has 0 amide bonds. The van der Waals surface area contributed by atoms with Gasteiger partial charge in [-0.15, -0.1) is 0 Å². The summed E-state index contributed by atoms with van der Waals surface area (Å²) < 4.78 is 7.56. The van der Waals surface area contributed by atoms with Crippen LogP contribution < -0.4 is 4.74 Å². The van der Waals surface area contributed by atoms with E-state index in [2.05, 4.69) is 30.3 Å². The number of benzene rings is 1. The van der Waals surface area contributed by atoms with E-state index in [1.165, 1.54) is 0 Å². The fraction of sp³-hybridized carbons (Fsp3) is 0.400. The van der Waals surface area contributed by atoms with Gasteiger partial charge in [-0.2, -0.15) is 0 Å². The zero-order valence-electron chi connectivity index (χ0n) is 15.2. The van der Waals surface area contributed by atoms with Gasteiger partial charge < -0.3 is 9.30 Å². The minimum atomic E-state index is 0.411. The van der Waals surface area contributed by atoms with Crippen molar-refractivity contribution < 1.29 is 4.74 Å². The lowest BCUT2D eigenvalue weighted by atomic mass is 10.1. The molecule has 2 aromatic heterocycles. The van der Waals surface area contributed by atoms with Gasteiger partial charge in [-0.25, -0.2) is 9.97 Å². The summed E-state index contributed by atoms with van der Waals surface area (Å²) in [5.41, 5.74) is 3.82. The molecule has 3 rings (SSSR count). The van der Waals surface area contributed by atoms with Gasteiger partial charge in [0.05, 0.1) is 12.1 Å². The molecule has 2 heterocycles. The summed E-state index contributed by atoms with van der Waals surface area (Å²) in [7, 11) is 1.64. The molecule has 0 unspecified atom stereocenters. The predicted octanol–water partition coefficient (Wildman–Crippen LogP) is 5.68. The van der Waals surface area contributed by atoms with Gasteiger partial charge in [-0.3, -0.25) is 0 Å². The minimum absolute atomic E-state index is 0.411. The fourth-order valence-corrected chi connectivity index (χ4v) is 3.65. The first-order valence-corrected chi connectivity index (χ1v) is 9.22. The zero-order chi connectivity index (χ0) is 18.0. The van der Waals surface area contributed by atoms with Crippen LogP contribution in [0.5, 0.6) is 5.75 Å². The first kappa shape index (κ1) is 17.7. The van der Waals surface area contributed by atoms with Crippen LogP contribution in [0.3, 0.4) is 0 Å². The molecule has 0 aliphatic rings. The molecule has 3 aromatic rings. The second-order valence-electron chi connectivity index (χ2n) is 6.10. The van der Waals surface area contributed by atoms with E-state index in [1.807, 2.05) is 30.5 Å². The maximum absolute atomic E-state index is 6.51. The van der Waals surface area contributed by atoms with E-state index in [0.717, 1.165) is 53.1 Å². The molecular weight excluding hydrogens is 334 g/mol. The number of ether oxygens (including phenoxy) is 1. The molecule has 0 atom stereocenters. The van der Waals surface area contributed by atoms with Gasteiger partial charge in [-0.1, -0.05) is 32.4 Å². The zero-order valence-corrected chi connectivity index (χ0v) is 16.0. The van der Waals surface area contributed by atoms with E-state index in [1.54, 1.807) is 7.11 Å². The SMILES string of the molecule is CCc1nc2c(-c3ccc(OC)cc3Cl)ccnc2n1C(CC)CC. The number of rotatable bonds is 6. The molecule has 132 valence electrons. The number of halogens is 1. The Kier molecular flexibility index (Phi) is 5.28. The van der Waals surface area contributed by atoms with Crippen molar-refractivity contribution in [3.63, 3.8) is 0 Å². The Labute approximate surface area is 153 Å². The molecule has 0 bridgehead atoms. The van der Waals surface area contributed by atoms with Crippen molar-refractivity contribution in [1.82, 2.24) is 14.5 Å². The molecule has 0 saturated heterocycles. The number of hydrogen-bond acceptors (Lipinski definition) is 3. The van der Waals surface area contributed by atoms with Crippen LogP contribution in [0.25, 0.3) is 22.3 Å². The lowest BCUT2D eigenvalue weighted by Gasteiger charge is -2.17. The second kappa shape index (κ2) is 7.44. The van der Waals surface area contributed by atoms with Gasteiger partial charge in [0, 0.05) is 29.8 Å². The molecule has 0 N–H and O–H groups in total. The third-order valence-corrected chi connectivity index (χ3v) is 5.06. The van der Waals surface area contributed by atoms with Gasteiger partial charge in [0.25, 0.3) is 0 Å². The van der Waals surface area contributed by atoms with E-state index >= 15 is 0 Å². The molecule has 0 radical (unpaired) electrons. The summed E-state index contributed by atoms with van der Waals surface area (Å²) in [6, 6.07) is 8.14. The number of aromatic nitrogens is 3. The van der Waals surface area contributed by atoms with E-state index in [0.29, 0.717) is 11.1 Å². The second-order valence-corrected chi connectivity index (χ2v) is 6.51. The number of hydrogen-bond donors (Lipinski definition) is 0. The van der Waals surface area contributed by atoms with Gasteiger partial charge in [0.2, 0.25) is 0 Å². The first-order valence-electron chi connectivity index (χ1n) is 8.84. The monoisotopic (exact) mass is 357 g/mol. The van der Waals surface area contributed by atoms with Crippen molar-refractivity contribution in [2.75, 3.05) is 7.11 Å². The first-order chi connectivity index (χ1) is 12.1. The van der Waals surface area contributed by atoms with E-state index in [4.69, 9.17) is 21.3 Å². The molecule has 0 aliphatic carbocycles. The minimum Gasteiger partial charge on any atom is -0.497 e. The van der Waals surface area contributed by atoms with Gasteiger partial charge in [0.15, 0.2) is 5.65 Å². The highest BCUT2D eigenvalue weighted by atomic mass is 35.5. The van der Waals surface area contributed by atoms with Crippen molar-refractivity contribution in [3.05, 3.63) is 41.3 Å². The number of fused-ring (bicyclic) bond motifs is 1. The van der Waals surface area contributed by atoms with E-state index in [9.17, 15) is 0 Å². The highest BCUT2D eigenvalue weighted by Crippen LogP contribution is 2.36. The van der Waals surface area contributed by atoms with Crippen LogP contribution in [-0.4, -0.2) is 21.6 Å². The van der Waals surface area contributed by atoms with E-state index < -0.39 is 0 Å². The molecule has 4 nitrogen and oxygen atoms in total. The number of imidazole rings is 1. The maximum Gasteiger partial charge on any atom is 0.160 e. The van der Waals surface area contributed by atoms with Crippen LogP contribution in [0.2, 0.25) is 5.02 Å². The third kappa shape index (κ3) is 3.11. The summed E-state index contributed by atoms with van der Waals surface area (Å²) in [6.07, 6.45) is 4.84. The highest BCUT2D eigenvalue weighted by molar-refractivity contribution is 6.33. The average Bonchev–Trinajstić information content (AvgIpc) is 3.02. The van der Waals surface area contributed by atoms with Crippen LogP contribution in [0.15, 0.2) is 30.5 Å². The van der Waals surface area contributed by atoms with Crippen molar-refractivity contribution >= 4 is 22.8 Å². The van der Waals surface area contributed by atoms with Crippen LogP contribution in [-0.2, 0) is 6.42 Å². The number of aryl methyl sites for hydroxylation is 1. The molecule has 0 saturated carbocycles. The number of pyridine rings is 1. The Morgan fingerprint density at radius 2 is 1.88 bits per heavy atom. The molecular formula is C20H24ClN3O. The molecule has 0 fully saturated rings. The smallest absolute Gasteiger partial charge is 0.160 e. The quantitative estimate of drug-likeness (QED) is 0.569. The van der Waals surface area contributed by atoms with Crippen molar-refractivity contribution in [2.45, 2.75) is 46.1 Å². The van der Waals surface area contributed by atoms with Crippen molar-refractivity contribution in [2.24, 2.45) is 0 Å². The van der Waals surface area contributed by atoms with Crippen LogP contribution >= 0.6 is 11.6 Å². The number of methoxy groups -OCH3 is 1. The Morgan fingerprint density at radius 3 is 2.48 bits per heavy atom. The topological polar surface area (TPSA) is 39.9 Å². The molecule has 1 aromatic carbocycles. The Bertz CT molecular complexity index is 884. The van der Waals surface area contributed by atoms with Crippen LogP contribution in [0.1, 0.15) is 45.5 Å². The Hall–Kier alpha value is -2.07. The highest BCUT2D eigenvalue weighted by Gasteiger charge is 2.20. The van der Waals surface area contributed by atoms with Gasteiger partial charge >= 0.3 is 0 Å². The number of nitrogens with zero attached hydrogens (tertiary/aromatic N) is 3. The standard InChI is InChI=1S/C20H24ClN3O/c1-5-13(6-2)24-18(7-3)23-19-16(10-11-22-20(19)24)15-9-8-14(25-4)12-17(15)21/h8-13H,5-7H2,1-4H3. The van der Waals surface area contributed by atoms with Crippen molar-refractivity contribution in [3.8, 4) is 16.9 Å². The molecule has 0 spiro atoms. The molecule has 25 heavy (non-hydrogen) atoms. The molecule has 0 aliphatic heterocycles. The summed E-state index contributed by atoms with van der Waals surface area (Å²) in [6.45, 7) is 6.56. The van der Waals surface area contributed by atoms with Crippen LogP contribution in [0.4, 0.5) is 0 Å². The third-order valence-electron chi connectivity index (χ3n) is 4.74. The maximum atomic E-state index is 6.51. The fourth-order valence-electron chi connectivity index (χ4n) is 3.38. The average molecular weight is 358 g/mol.